The van der Waals surface area contributed by atoms with Crippen LogP contribution < -0.4 is 15.4 Å². The van der Waals surface area contributed by atoms with Crippen molar-refractivity contribution < 1.29 is 4.74 Å². The van der Waals surface area contributed by atoms with Gasteiger partial charge in [0.1, 0.15) is 30.0 Å². The summed E-state index contributed by atoms with van der Waals surface area (Å²) in [5.41, 5.74) is 4.39. The normalized spacial score (nSPS) is 14.7. The first-order valence-electron chi connectivity index (χ1n) is 11.5. The Morgan fingerprint density at radius 1 is 0.944 bits per heavy atom. The third-order valence-corrected chi connectivity index (χ3v) is 7.09. The molecule has 5 aromatic rings. The molecule has 0 spiro atoms. The minimum atomic E-state index is -0.0450. The Morgan fingerprint density at radius 3 is 2.64 bits per heavy atom. The summed E-state index contributed by atoms with van der Waals surface area (Å²) in [4.78, 5) is 17.9. The molecule has 0 radical (unpaired) electrons. The van der Waals surface area contributed by atoms with Gasteiger partial charge in [0.25, 0.3) is 0 Å². The van der Waals surface area contributed by atoms with E-state index in [0.29, 0.717) is 5.75 Å². The van der Waals surface area contributed by atoms with Crippen LogP contribution in [0.2, 0.25) is 0 Å². The van der Waals surface area contributed by atoms with Crippen LogP contribution in [0.15, 0.2) is 72.4 Å². The predicted molar refractivity (Wildman–Crippen MR) is 145 cm³/mol. The van der Waals surface area contributed by atoms with Crippen LogP contribution in [-0.4, -0.2) is 41.0 Å². The number of nitrogens with zero attached hydrogens (tertiary/aromatic N) is 6. The maximum absolute atomic E-state index is 6.10. The number of ether oxygens (including phenoxy) is 1. The van der Waals surface area contributed by atoms with Crippen LogP contribution >= 0.6 is 11.8 Å². The zero-order valence-corrected chi connectivity index (χ0v) is 20.9. The van der Waals surface area contributed by atoms with Crippen molar-refractivity contribution in [2.45, 2.75) is 26.3 Å². The lowest BCUT2D eigenvalue weighted by Gasteiger charge is -2.13. The van der Waals surface area contributed by atoms with Gasteiger partial charge in [0.05, 0.1) is 11.1 Å². The van der Waals surface area contributed by atoms with Crippen molar-refractivity contribution in [1.29, 1.82) is 0 Å². The van der Waals surface area contributed by atoms with Crippen LogP contribution in [0.3, 0.4) is 0 Å². The lowest BCUT2D eigenvalue weighted by molar-refractivity contribution is 0.478. The van der Waals surface area contributed by atoms with Crippen molar-refractivity contribution >= 4 is 50.7 Å². The molecule has 36 heavy (non-hydrogen) atoms. The molecule has 0 amide bonds. The third kappa shape index (κ3) is 4.55. The first-order chi connectivity index (χ1) is 17.4. The lowest BCUT2D eigenvalue weighted by atomic mass is 10.1. The number of rotatable bonds is 5. The molecule has 0 fully saturated rings. The van der Waals surface area contributed by atoms with Gasteiger partial charge >= 0.3 is 0 Å². The second kappa shape index (κ2) is 8.80. The molecule has 0 unspecified atom stereocenters. The summed E-state index contributed by atoms with van der Waals surface area (Å²) < 4.78 is 7.79. The summed E-state index contributed by atoms with van der Waals surface area (Å²) in [6.07, 6.45) is 4.91. The van der Waals surface area contributed by atoms with Crippen LogP contribution in [0.25, 0.3) is 16.6 Å². The summed E-state index contributed by atoms with van der Waals surface area (Å²) in [6, 6.07) is 15.7. The molecule has 1 aliphatic rings. The van der Waals surface area contributed by atoms with Gasteiger partial charge in [0.15, 0.2) is 10.8 Å². The average Bonchev–Trinajstić information content (AvgIpc) is 3.46. The number of anilines is 3. The van der Waals surface area contributed by atoms with Crippen LogP contribution in [0.5, 0.6) is 11.5 Å². The second-order valence-corrected chi connectivity index (χ2v) is 10.2. The Bertz CT molecular complexity index is 1630. The van der Waals surface area contributed by atoms with E-state index in [1.807, 2.05) is 55.6 Å². The minimum absolute atomic E-state index is 0.0450. The summed E-state index contributed by atoms with van der Waals surface area (Å²) in [5, 5.41) is 12.8. The van der Waals surface area contributed by atoms with E-state index in [9.17, 15) is 0 Å². The Hall–Kier alpha value is -4.18. The molecule has 10 heteroatoms. The molecule has 9 nitrogen and oxygen atoms in total. The van der Waals surface area contributed by atoms with E-state index >= 15 is 0 Å². The van der Waals surface area contributed by atoms with E-state index in [0.717, 1.165) is 56.0 Å². The fraction of sp³-hybridized carbons (Fsp3) is 0.192. The molecule has 6 rings (SSSR count). The predicted octanol–water partition coefficient (Wildman–Crippen LogP) is 5.81. The van der Waals surface area contributed by atoms with Crippen molar-refractivity contribution in [3.63, 3.8) is 0 Å². The summed E-state index contributed by atoms with van der Waals surface area (Å²) in [5.74, 6) is 3.17. The van der Waals surface area contributed by atoms with Gasteiger partial charge in [-0.2, -0.15) is 5.10 Å². The van der Waals surface area contributed by atoms with Gasteiger partial charge in [-0.1, -0.05) is 11.8 Å². The first kappa shape index (κ1) is 22.3. The summed E-state index contributed by atoms with van der Waals surface area (Å²) in [6.45, 7) is 6.29. The standard InChI is InChI=1S/C26H24N8OS/c1-16-10-17(5-7-22(16)35-19-8-9-34-23(12-19)28-15-30-34)31-24-20-11-18(4-6-21(20)27-14-29-24)32-25-33-26(2,3)13-36-25/h4-12,14-15H,13H2,1-3H3,(H,32,33)(H,27,29,31). The van der Waals surface area contributed by atoms with Gasteiger partial charge in [-0.15, -0.1) is 0 Å². The molecule has 0 saturated carbocycles. The Labute approximate surface area is 212 Å². The maximum Gasteiger partial charge on any atom is 0.161 e. The monoisotopic (exact) mass is 496 g/mol. The van der Waals surface area contributed by atoms with Crippen molar-refractivity contribution in [1.82, 2.24) is 24.6 Å². The highest BCUT2D eigenvalue weighted by Crippen LogP contribution is 2.32. The fourth-order valence-electron chi connectivity index (χ4n) is 3.97. The molecule has 0 saturated heterocycles. The second-order valence-electron chi connectivity index (χ2n) is 9.23. The molecular weight excluding hydrogens is 472 g/mol. The molecular formula is C26H24N8OS. The largest absolute Gasteiger partial charge is 0.457 e. The van der Waals surface area contributed by atoms with Crippen LogP contribution in [0, 0.1) is 6.92 Å². The van der Waals surface area contributed by atoms with E-state index in [-0.39, 0.29) is 5.54 Å². The van der Waals surface area contributed by atoms with Gasteiger partial charge in [-0.25, -0.2) is 19.5 Å². The topological polar surface area (TPSA) is 102 Å². The molecule has 2 N–H and O–H groups in total. The van der Waals surface area contributed by atoms with Gasteiger partial charge in [0, 0.05) is 34.8 Å². The number of hydrogen-bond acceptors (Lipinski definition) is 9. The molecule has 3 aromatic heterocycles. The van der Waals surface area contributed by atoms with E-state index in [1.165, 1.54) is 6.33 Å². The van der Waals surface area contributed by atoms with Crippen molar-refractivity contribution in [3.8, 4) is 11.5 Å². The molecule has 0 atom stereocenters. The highest BCUT2D eigenvalue weighted by Gasteiger charge is 2.25. The molecule has 2 aromatic carbocycles. The molecule has 0 bridgehead atoms. The lowest BCUT2D eigenvalue weighted by Crippen LogP contribution is -2.15. The summed E-state index contributed by atoms with van der Waals surface area (Å²) >= 11 is 1.73. The van der Waals surface area contributed by atoms with Gasteiger partial charge < -0.3 is 15.4 Å². The summed E-state index contributed by atoms with van der Waals surface area (Å²) in [7, 11) is 0. The van der Waals surface area contributed by atoms with E-state index in [4.69, 9.17) is 9.73 Å². The fourth-order valence-corrected chi connectivity index (χ4v) is 5.03. The number of aliphatic imine (C=N–C) groups is 1. The van der Waals surface area contributed by atoms with Gasteiger partial charge in [-0.05, 0) is 68.8 Å². The molecule has 4 heterocycles. The highest BCUT2D eigenvalue weighted by molar-refractivity contribution is 8.14. The molecule has 1 aliphatic heterocycles. The molecule has 180 valence electrons. The maximum atomic E-state index is 6.10. The Morgan fingerprint density at radius 2 is 1.81 bits per heavy atom. The number of aromatic nitrogens is 5. The SMILES string of the molecule is Cc1cc(Nc2ncnc3ccc(NC4=NC(C)(C)CS4)cc23)ccc1Oc1ccn2ncnc2c1. The average molecular weight is 497 g/mol. The number of thioether (sulfide) groups is 1. The van der Waals surface area contributed by atoms with E-state index in [2.05, 4.69) is 50.6 Å². The smallest absolute Gasteiger partial charge is 0.161 e. The van der Waals surface area contributed by atoms with Crippen molar-refractivity contribution in [3.05, 3.63) is 72.9 Å². The number of amidine groups is 1. The quantitative estimate of drug-likeness (QED) is 0.314. The highest BCUT2D eigenvalue weighted by atomic mass is 32.2. The number of nitrogens with one attached hydrogen (secondary N) is 2. The Balaban J connectivity index is 1.23. The molecule has 0 aliphatic carbocycles. The van der Waals surface area contributed by atoms with Gasteiger partial charge in [-0.3, -0.25) is 4.99 Å². The number of aryl methyl sites for hydroxylation is 1. The number of benzene rings is 2. The zero-order chi connectivity index (χ0) is 24.7. The first-order valence-corrected chi connectivity index (χ1v) is 12.5. The van der Waals surface area contributed by atoms with Crippen LogP contribution in [-0.2, 0) is 0 Å². The number of fused-ring (bicyclic) bond motifs is 2. The van der Waals surface area contributed by atoms with Gasteiger partial charge in [0.2, 0.25) is 0 Å². The number of pyridine rings is 1. The Kier molecular flexibility index (Phi) is 5.45. The van der Waals surface area contributed by atoms with Crippen LogP contribution in [0.4, 0.5) is 17.2 Å². The van der Waals surface area contributed by atoms with Crippen molar-refractivity contribution in [2.24, 2.45) is 4.99 Å². The van der Waals surface area contributed by atoms with Crippen LogP contribution in [0.1, 0.15) is 19.4 Å². The van der Waals surface area contributed by atoms with Crippen molar-refractivity contribution in [2.75, 3.05) is 16.4 Å². The number of hydrogen-bond donors (Lipinski definition) is 2. The van der Waals surface area contributed by atoms with E-state index in [1.54, 1.807) is 22.6 Å². The zero-order valence-electron chi connectivity index (χ0n) is 20.1. The third-order valence-electron chi connectivity index (χ3n) is 5.77. The van der Waals surface area contributed by atoms with E-state index < -0.39 is 0 Å². The minimum Gasteiger partial charge on any atom is -0.457 e.